The van der Waals surface area contributed by atoms with Crippen LogP contribution in [0, 0.1) is 0 Å². The van der Waals surface area contributed by atoms with Crippen molar-refractivity contribution in [1.29, 1.82) is 0 Å². The van der Waals surface area contributed by atoms with E-state index in [0.29, 0.717) is 11.1 Å². The summed E-state index contributed by atoms with van der Waals surface area (Å²) in [5.74, 6) is 1.62. The average Bonchev–Trinajstić information content (AvgIpc) is 3.28. The summed E-state index contributed by atoms with van der Waals surface area (Å²) in [6.45, 7) is 4.34. The van der Waals surface area contributed by atoms with Gasteiger partial charge < -0.3 is 9.46 Å². The number of halogens is 1. The summed E-state index contributed by atoms with van der Waals surface area (Å²) in [5.41, 5.74) is 3.17. The smallest absolute Gasteiger partial charge is 0.147 e. The molecule has 1 aromatic heterocycles. The van der Waals surface area contributed by atoms with Crippen molar-refractivity contribution < 1.29 is 4.74 Å². The van der Waals surface area contributed by atoms with E-state index in [4.69, 9.17) is 16.3 Å². The molecule has 0 amide bonds. The monoisotopic (exact) mass is 445 g/mol. The third kappa shape index (κ3) is 5.45. The first-order chi connectivity index (χ1) is 14.2. The zero-order valence-corrected chi connectivity index (χ0v) is 18.6. The van der Waals surface area contributed by atoms with E-state index < -0.39 is 0 Å². The van der Waals surface area contributed by atoms with Gasteiger partial charge in [0.05, 0.1) is 10.5 Å². The molecule has 1 saturated heterocycles. The highest BCUT2D eigenvalue weighted by atomic mass is 35.5. The van der Waals surface area contributed by atoms with Crippen molar-refractivity contribution in [2.45, 2.75) is 36.8 Å². The number of piperidine rings is 1. The van der Waals surface area contributed by atoms with E-state index >= 15 is 0 Å². The number of thiazole rings is 1. The lowest BCUT2D eigenvalue weighted by Crippen LogP contribution is -2.39. The second-order valence-corrected chi connectivity index (χ2v) is 9.12. The Morgan fingerprint density at radius 1 is 1.21 bits per heavy atom. The molecule has 1 aliphatic rings. The van der Waals surface area contributed by atoms with Gasteiger partial charge in [0.15, 0.2) is 0 Å². The molecule has 1 N–H and O–H groups in total. The van der Waals surface area contributed by atoms with Gasteiger partial charge in [-0.15, -0.1) is 11.3 Å². The van der Waals surface area contributed by atoms with Crippen LogP contribution in [0.3, 0.4) is 0 Å². The molecule has 0 saturated carbocycles. The number of likely N-dealkylation sites (tertiary alicyclic amines) is 1. The van der Waals surface area contributed by atoms with Crippen LogP contribution in [0.5, 0.6) is 5.75 Å². The van der Waals surface area contributed by atoms with E-state index in [1.165, 1.54) is 17.5 Å². The van der Waals surface area contributed by atoms with Crippen molar-refractivity contribution in [3.63, 3.8) is 0 Å². The fourth-order valence-corrected chi connectivity index (χ4v) is 5.01. The molecule has 2 aromatic carbocycles. The fraction of sp³-hybridized carbons (Fsp3) is 0.318. The molecule has 1 unspecified atom stereocenters. The first-order valence-electron chi connectivity index (χ1n) is 9.75. The third-order valence-corrected chi connectivity index (χ3v) is 6.89. The first-order valence-corrected chi connectivity index (χ1v) is 11.9. The number of rotatable bonds is 7. The van der Waals surface area contributed by atoms with Gasteiger partial charge in [-0.3, -0.25) is 4.90 Å². The Labute approximate surface area is 185 Å². The summed E-state index contributed by atoms with van der Waals surface area (Å²) in [5, 5.41) is 2.62. The van der Waals surface area contributed by atoms with Crippen LogP contribution in [0.25, 0.3) is 0 Å². The molecule has 1 aliphatic heterocycles. The van der Waals surface area contributed by atoms with Crippen LogP contribution in [-0.4, -0.2) is 29.1 Å². The normalized spacial score (nSPS) is 16.5. The summed E-state index contributed by atoms with van der Waals surface area (Å²) in [6.07, 6.45) is 2.23. The lowest BCUT2D eigenvalue weighted by Gasteiger charge is -2.36. The summed E-state index contributed by atoms with van der Waals surface area (Å²) >= 11 is 9.54. The van der Waals surface area contributed by atoms with Gasteiger partial charge in [0.25, 0.3) is 0 Å². The fourth-order valence-electron chi connectivity index (χ4n) is 3.52. The van der Waals surface area contributed by atoms with Crippen LogP contribution in [-0.2, 0) is 0 Å². The number of hydrogen-bond donors (Lipinski definition) is 1. The maximum Gasteiger partial charge on any atom is 0.147 e. The molecule has 3 aromatic rings. The molecule has 0 spiro atoms. The van der Waals surface area contributed by atoms with Gasteiger partial charge in [-0.1, -0.05) is 41.9 Å². The zero-order chi connectivity index (χ0) is 20.1. The number of nitrogens with one attached hydrogen (secondary N) is 1. The minimum absolute atomic E-state index is 0.207. The number of ether oxygens (including phenoxy) is 1. The highest BCUT2D eigenvalue weighted by molar-refractivity contribution is 8.00. The van der Waals surface area contributed by atoms with E-state index in [9.17, 15) is 0 Å². The highest BCUT2D eigenvalue weighted by Gasteiger charge is 2.25. The molecule has 152 valence electrons. The maximum atomic E-state index is 6.48. The molecular formula is C22H24ClN3OS2. The van der Waals surface area contributed by atoms with Crippen molar-refractivity contribution in [2.24, 2.45) is 0 Å². The van der Waals surface area contributed by atoms with Gasteiger partial charge in [0, 0.05) is 29.4 Å². The summed E-state index contributed by atoms with van der Waals surface area (Å²) in [4.78, 5) is 7.77. The second-order valence-electron chi connectivity index (χ2n) is 7.11. The molecule has 2 heterocycles. The minimum Gasteiger partial charge on any atom is -0.489 e. The van der Waals surface area contributed by atoms with Crippen molar-refractivity contribution >= 4 is 40.7 Å². The number of nitrogens with zero attached hydrogens (tertiary/aromatic N) is 2. The predicted octanol–water partition coefficient (Wildman–Crippen LogP) is 6.52. The minimum atomic E-state index is 0.207. The van der Waals surface area contributed by atoms with Crippen molar-refractivity contribution in [3.8, 4) is 5.75 Å². The molecule has 0 bridgehead atoms. The molecule has 0 radical (unpaired) electrons. The molecule has 4 nitrogen and oxygen atoms in total. The Balaban J connectivity index is 1.29. The van der Waals surface area contributed by atoms with Gasteiger partial charge in [0.2, 0.25) is 0 Å². The van der Waals surface area contributed by atoms with E-state index in [2.05, 4.69) is 51.9 Å². The molecule has 1 fully saturated rings. The number of hydrogen-bond acceptors (Lipinski definition) is 6. The molecule has 29 heavy (non-hydrogen) atoms. The Kier molecular flexibility index (Phi) is 6.98. The maximum absolute atomic E-state index is 6.48. The van der Waals surface area contributed by atoms with E-state index in [0.717, 1.165) is 42.4 Å². The molecule has 0 aliphatic carbocycles. The Morgan fingerprint density at radius 2 is 2.00 bits per heavy atom. The van der Waals surface area contributed by atoms with Crippen LogP contribution in [0.15, 0.2) is 64.3 Å². The van der Waals surface area contributed by atoms with Crippen LogP contribution in [0.4, 0.5) is 5.82 Å². The van der Waals surface area contributed by atoms with E-state index in [1.807, 2.05) is 23.6 Å². The standard InChI is InChI=1S/C22H24ClN3OS2/c1-16(17-5-3-2-4-6-17)26-11-9-18(10-12-26)27-21-8-7-19(13-20(21)23)29-25-22-14-28-15-24-22/h2-8,13-16,18,25H,9-12H2,1H3. The average molecular weight is 446 g/mol. The number of anilines is 1. The van der Waals surface area contributed by atoms with Crippen LogP contribution >= 0.6 is 34.9 Å². The van der Waals surface area contributed by atoms with Gasteiger partial charge in [0.1, 0.15) is 17.7 Å². The van der Waals surface area contributed by atoms with Crippen molar-refractivity contribution in [1.82, 2.24) is 9.88 Å². The molecule has 4 rings (SSSR count). The summed E-state index contributed by atoms with van der Waals surface area (Å²) in [6, 6.07) is 17.1. The molecule has 7 heteroatoms. The predicted molar refractivity (Wildman–Crippen MR) is 123 cm³/mol. The van der Waals surface area contributed by atoms with Crippen LogP contribution in [0.1, 0.15) is 31.4 Å². The second kappa shape index (κ2) is 9.85. The van der Waals surface area contributed by atoms with Crippen molar-refractivity contribution in [2.75, 3.05) is 17.8 Å². The Bertz CT molecular complexity index is 900. The topological polar surface area (TPSA) is 37.4 Å². The van der Waals surface area contributed by atoms with E-state index in [-0.39, 0.29) is 6.10 Å². The van der Waals surface area contributed by atoms with Gasteiger partial charge in [-0.05, 0) is 55.5 Å². The summed E-state index contributed by atoms with van der Waals surface area (Å²) in [7, 11) is 0. The van der Waals surface area contributed by atoms with Crippen molar-refractivity contribution in [3.05, 3.63) is 70.0 Å². The molecular weight excluding hydrogens is 422 g/mol. The number of benzene rings is 2. The molecule has 1 atom stereocenters. The van der Waals surface area contributed by atoms with E-state index in [1.54, 1.807) is 16.8 Å². The van der Waals surface area contributed by atoms with Gasteiger partial charge in [-0.25, -0.2) is 4.98 Å². The first kappa shape index (κ1) is 20.5. The van der Waals surface area contributed by atoms with Crippen LogP contribution in [0.2, 0.25) is 5.02 Å². The SMILES string of the molecule is CC(c1ccccc1)N1CCC(Oc2ccc(SNc3cscn3)cc2Cl)CC1. The largest absolute Gasteiger partial charge is 0.489 e. The highest BCUT2D eigenvalue weighted by Crippen LogP contribution is 2.33. The van der Waals surface area contributed by atoms with Crippen LogP contribution < -0.4 is 9.46 Å². The lowest BCUT2D eigenvalue weighted by molar-refractivity contribution is 0.0797. The quantitative estimate of drug-likeness (QED) is 0.419. The Hall–Kier alpha value is -1.73. The van der Waals surface area contributed by atoms with Gasteiger partial charge in [-0.2, -0.15) is 0 Å². The summed E-state index contributed by atoms with van der Waals surface area (Å²) < 4.78 is 9.44. The number of aromatic nitrogens is 1. The van der Waals surface area contributed by atoms with Gasteiger partial charge >= 0.3 is 0 Å². The lowest BCUT2D eigenvalue weighted by atomic mass is 10.0. The Morgan fingerprint density at radius 3 is 2.69 bits per heavy atom. The zero-order valence-electron chi connectivity index (χ0n) is 16.3. The third-order valence-electron chi connectivity index (χ3n) is 5.21.